The number of rotatable bonds is 6. The van der Waals surface area contributed by atoms with E-state index < -0.39 is 0 Å². The predicted molar refractivity (Wildman–Crippen MR) is 79.4 cm³/mol. The summed E-state index contributed by atoms with van der Waals surface area (Å²) in [7, 11) is 0. The monoisotopic (exact) mass is 278 g/mol. The third-order valence-corrected chi connectivity index (χ3v) is 4.41. The topological polar surface area (TPSA) is 42.7 Å². The number of hydrogen-bond acceptors (Lipinski definition) is 4. The van der Waals surface area contributed by atoms with Gasteiger partial charge in [-0.3, -0.25) is 4.68 Å². The second kappa shape index (κ2) is 6.30. The molecule has 0 aliphatic heterocycles. The molecular weight excluding hydrogens is 256 g/mol. The molecule has 0 bridgehead atoms. The first-order valence-electron chi connectivity index (χ1n) is 6.81. The standard InChI is InChI=1S/C14H22N4S/c1-5-13-8-16-14(19-13)11(4)15-6-12-7-17-18(9-12)10(2)3/h7-11,15H,5-6H2,1-4H3. The molecule has 2 aromatic heterocycles. The molecule has 0 saturated carbocycles. The summed E-state index contributed by atoms with van der Waals surface area (Å²) in [5.41, 5.74) is 1.22. The van der Waals surface area contributed by atoms with Gasteiger partial charge in [0.15, 0.2) is 0 Å². The number of aromatic nitrogens is 3. The first-order chi connectivity index (χ1) is 9.10. The Labute approximate surface area is 118 Å². The summed E-state index contributed by atoms with van der Waals surface area (Å²) in [5, 5.41) is 9.01. The van der Waals surface area contributed by atoms with Crippen LogP contribution in [0.2, 0.25) is 0 Å². The van der Waals surface area contributed by atoms with E-state index in [1.54, 1.807) is 11.3 Å². The van der Waals surface area contributed by atoms with Gasteiger partial charge in [0.2, 0.25) is 0 Å². The number of nitrogens with one attached hydrogen (secondary N) is 1. The van der Waals surface area contributed by atoms with Gasteiger partial charge in [-0.15, -0.1) is 11.3 Å². The Morgan fingerprint density at radius 2 is 2.11 bits per heavy atom. The smallest absolute Gasteiger partial charge is 0.109 e. The van der Waals surface area contributed by atoms with Crippen molar-refractivity contribution in [3.8, 4) is 0 Å². The van der Waals surface area contributed by atoms with Crippen molar-refractivity contribution in [2.24, 2.45) is 0 Å². The van der Waals surface area contributed by atoms with Crippen molar-refractivity contribution in [3.05, 3.63) is 34.0 Å². The zero-order valence-corrected chi connectivity index (χ0v) is 12.9. The van der Waals surface area contributed by atoms with Gasteiger partial charge in [0.1, 0.15) is 5.01 Å². The maximum Gasteiger partial charge on any atom is 0.109 e. The molecule has 19 heavy (non-hydrogen) atoms. The van der Waals surface area contributed by atoms with Gasteiger partial charge in [-0.1, -0.05) is 6.92 Å². The molecule has 1 atom stereocenters. The van der Waals surface area contributed by atoms with E-state index in [2.05, 4.69) is 49.3 Å². The van der Waals surface area contributed by atoms with Crippen LogP contribution in [-0.4, -0.2) is 14.8 Å². The molecule has 2 rings (SSSR count). The van der Waals surface area contributed by atoms with Crippen LogP contribution in [0.25, 0.3) is 0 Å². The van der Waals surface area contributed by atoms with Crippen molar-refractivity contribution in [1.82, 2.24) is 20.1 Å². The van der Waals surface area contributed by atoms with Crippen LogP contribution in [0.15, 0.2) is 18.6 Å². The molecule has 0 radical (unpaired) electrons. The van der Waals surface area contributed by atoms with E-state index >= 15 is 0 Å². The maximum atomic E-state index is 4.47. The van der Waals surface area contributed by atoms with E-state index in [1.807, 2.05) is 17.1 Å². The number of thiazole rings is 1. The average Bonchev–Trinajstić information content (AvgIpc) is 3.04. The average molecular weight is 278 g/mol. The quantitative estimate of drug-likeness (QED) is 0.881. The molecule has 0 aromatic carbocycles. The van der Waals surface area contributed by atoms with Crippen molar-refractivity contribution in [3.63, 3.8) is 0 Å². The van der Waals surface area contributed by atoms with Crippen LogP contribution >= 0.6 is 11.3 Å². The Morgan fingerprint density at radius 3 is 2.68 bits per heavy atom. The Bertz CT molecular complexity index is 515. The first-order valence-corrected chi connectivity index (χ1v) is 7.62. The normalized spacial score (nSPS) is 13.1. The molecule has 1 unspecified atom stereocenters. The zero-order chi connectivity index (χ0) is 13.8. The first kappa shape index (κ1) is 14.2. The molecule has 5 heteroatoms. The lowest BCUT2D eigenvalue weighted by Crippen LogP contribution is -2.17. The summed E-state index contributed by atoms with van der Waals surface area (Å²) >= 11 is 1.79. The Morgan fingerprint density at radius 1 is 1.32 bits per heavy atom. The minimum absolute atomic E-state index is 0.285. The van der Waals surface area contributed by atoms with E-state index in [1.165, 1.54) is 10.4 Å². The summed E-state index contributed by atoms with van der Waals surface area (Å²) in [6, 6.07) is 0.699. The fourth-order valence-electron chi connectivity index (χ4n) is 1.80. The summed E-state index contributed by atoms with van der Waals surface area (Å²) in [5.74, 6) is 0. The molecular formula is C14H22N4S. The van der Waals surface area contributed by atoms with E-state index in [4.69, 9.17) is 0 Å². The fourth-order valence-corrected chi connectivity index (χ4v) is 2.68. The number of nitrogens with zero attached hydrogens (tertiary/aromatic N) is 3. The summed E-state index contributed by atoms with van der Waals surface area (Å²) in [6.07, 6.45) is 7.07. The summed E-state index contributed by atoms with van der Waals surface area (Å²) in [6.45, 7) is 9.42. The lowest BCUT2D eigenvalue weighted by Gasteiger charge is -2.09. The Kier molecular flexibility index (Phi) is 4.71. The van der Waals surface area contributed by atoms with Crippen molar-refractivity contribution in [1.29, 1.82) is 0 Å². The van der Waals surface area contributed by atoms with Gasteiger partial charge in [0.05, 0.1) is 12.2 Å². The van der Waals surface area contributed by atoms with E-state index in [0.29, 0.717) is 6.04 Å². The van der Waals surface area contributed by atoms with Crippen molar-refractivity contribution in [2.75, 3.05) is 0 Å². The highest BCUT2D eigenvalue weighted by molar-refractivity contribution is 7.11. The lowest BCUT2D eigenvalue weighted by atomic mass is 10.3. The van der Waals surface area contributed by atoms with Crippen molar-refractivity contribution < 1.29 is 0 Å². The third kappa shape index (κ3) is 3.64. The maximum absolute atomic E-state index is 4.47. The minimum Gasteiger partial charge on any atom is -0.304 e. The molecule has 104 valence electrons. The molecule has 2 aromatic rings. The molecule has 0 saturated heterocycles. The number of hydrogen-bond donors (Lipinski definition) is 1. The number of aryl methyl sites for hydroxylation is 1. The van der Waals surface area contributed by atoms with E-state index in [0.717, 1.165) is 18.0 Å². The highest BCUT2D eigenvalue weighted by atomic mass is 32.1. The van der Waals surface area contributed by atoms with Crippen LogP contribution in [0.5, 0.6) is 0 Å². The molecule has 0 spiro atoms. The molecule has 0 aliphatic carbocycles. The summed E-state index contributed by atoms with van der Waals surface area (Å²) in [4.78, 5) is 5.81. The molecule has 0 aliphatic rings. The Hall–Kier alpha value is -1.20. The SMILES string of the molecule is CCc1cnc(C(C)NCc2cnn(C(C)C)c2)s1. The third-order valence-electron chi connectivity index (χ3n) is 3.09. The van der Waals surface area contributed by atoms with Gasteiger partial charge in [-0.2, -0.15) is 5.10 Å². The minimum atomic E-state index is 0.285. The highest BCUT2D eigenvalue weighted by Gasteiger charge is 2.10. The Balaban J connectivity index is 1.90. The van der Waals surface area contributed by atoms with Crippen molar-refractivity contribution in [2.45, 2.75) is 52.7 Å². The largest absolute Gasteiger partial charge is 0.304 e. The fraction of sp³-hybridized carbons (Fsp3) is 0.571. The lowest BCUT2D eigenvalue weighted by molar-refractivity contribution is 0.530. The second-order valence-electron chi connectivity index (χ2n) is 5.04. The van der Waals surface area contributed by atoms with Gasteiger partial charge in [0.25, 0.3) is 0 Å². The highest BCUT2D eigenvalue weighted by Crippen LogP contribution is 2.20. The van der Waals surface area contributed by atoms with Crippen LogP contribution in [0, 0.1) is 0 Å². The van der Waals surface area contributed by atoms with Gasteiger partial charge >= 0.3 is 0 Å². The van der Waals surface area contributed by atoms with Gasteiger partial charge in [-0.05, 0) is 27.2 Å². The van der Waals surface area contributed by atoms with E-state index in [9.17, 15) is 0 Å². The van der Waals surface area contributed by atoms with Crippen molar-refractivity contribution >= 4 is 11.3 Å². The van der Waals surface area contributed by atoms with Crippen LogP contribution in [0.3, 0.4) is 0 Å². The van der Waals surface area contributed by atoms with Crippen LogP contribution in [0.4, 0.5) is 0 Å². The molecule has 4 nitrogen and oxygen atoms in total. The predicted octanol–water partition coefficient (Wildman–Crippen LogP) is 3.33. The molecule has 2 heterocycles. The second-order valence-corrected chi connectivity index (χ2v) is 6.19. The summed E-state index contributed by atoms with van der Waals surface area (Å²) < 4.78 is 1.99. The van der Waals surface area contributed by atoms with Gasteiger partial charge < -0.3 is 5.32 Å². The molecule has 0 fully saturated rings. The molecule has 0 amide bonds. The molecule has 1 N–H and O–H groups in total. The van der Waals surface area contributed by atoms with Crippen LogP contribution in [-0.2, 0) is 13.0 Å². The van der Waals surface area contributed by atoms with E-state index in [-0.39, 0.29) is 6.04 Å². The van der Waals surface area contributed by atoms with Crippen LogP contribution < -0.4 is 5.32 Å². The van der Waals surface area contributed by atoms with Gasteiger partial charge in [0, 0.05) is 35.4 Å². The zero-order valence-electron chi connectivity index (χ0n) is 12.1. The van der Waals surface area contributed by atoms with Gasteiger partial charge in [-0.25, -0.2) is 4.98 Å². The van der Waals surface area contributed by atoms with Crippen LogP contribution in [0.1, 0.15) is 55.2 Å².